The van der Waals surface area contributed by atoms with Gasteiger partial charge in [-0.25, -0.2) is 9.07 Å². The molecule has 0 spiro atoms. The number of nitrogens with two attached hydrogens (primary N) is 1. The third-order valence-corrected chi connectivity index (χ3v) is 5.92. The van der Waals surface area contributed by atoms with Crippen molar-refractivity contribution in [2.75, 3.05) is 12.9 Å². The van der Waals surface area contributed by atoms with Crippen molar-refractivity contribution >= 4 is 17.7 Å². The molecule has 1 unspecified atom stereocenters. The lowest BCUT2D eigenvalue weighted by Crippen LogP contribution is -2.42. The van der Waals surface area contributed by atoms with Crippen molar-refractivity contribution in [2.45, 2.75) is 55.5 Å². The van der Waals surface area contributed by atoms with E-state index in [1.165, 1.54) is 41.8 Å². The summed E-state index contributed by atoms with van der Waals surface area (Å²) < 4.78 is 15.2. The monoisotopic (exact) mass is 377 g/mol. The Morgan fingerprint density at radius 3 is 2.69 bits per heavy atom. The smallest absolute Gasteiger partial charge is 0.235 e. The molecule has 1 heterocycles. The van der Waals surface area contributed by atoms with Crippen LogP contribution in [0.5, 0.6) is 0 Å². The van der Waals surface area contributed by atoms with Crippen LogP contribution in [0.25, 0.3) is 11.4 Å². The number of hydrogen-bond acceptors (Lipinski definition) is 5. The van der Waals surface area contributed by atoms with Gasteiger partial charge in [-0.2, -0.15) is 0 Å². The summed E-state index contributed by atoms with van der Waals surface area (Å²) in [5.41, 5.74) is 0.285. The summed E-state index contributed by atoms with van der Waals surface area (Å²) in [6.45, 7) is 1.84. The third kappa shape index (κ3) is 3.85. The van der Waals surface area contributed by atoms with Crippen LogP contribution in [-0.2, 0) is 4.79 Å². The number of carbonyl (C=O) groups excluding carboxylic acids is 1. The minimum Gasteiger partial charge on any atom is -0.342 e. The van der Waals surface area contributed by atoms with Crippen LogP contribution >= 0.6 is 11.8 Å². The summed E-state index contributed by atoms with van der Waals surface area (Å²) in [6, 6.07) is 6.58. The second-order valence-corrected chi connectivity index (χ2v) is 7.97. The van der Waals surface area contributed by atoms with E-state index in [0.717, 1.165) is 12.8 Å². The number of nitrogens with zero attached hydrogens (tertiary/aromatic N) is 4. The van der Waals surface area contributed by atoms with Crippen LogP contribution in [-0.4, -0.2) is 44.0 Å². The van der Waals surface area contributed by atoms with E-state index in [1.807, 2.05) is 18.9 Å². The molecule has 1 saturated carbocycles. The van der Waals surface area contributed by atoms with Crippen LogP contribution in [0.3, 0.4) is 0 Å². The topological polar surface area (TPSA) is 77.0 Å². The molecule has 0 aliphatic heterocycles. The highest BCUT2D eigenvalue weighted by Crippen LogP contribution is 2.28. The van der Waals surface area contributed by atoms with Gasteiger partial charge in [0.15, 0.2) is 5.82 Å². The van der Waals surface area contributed by atoms with Crippen molar-refractivity contribution in [1.29, 1.82) is 0 Å². The first-order chi connectivity index (χ1) is 12.5. The van der Waals surface area contributed by atoms with E-state index in [0.29, 0.717) is 11.2 Å². The number of nitrogen functional groups attached to an aromatic ring is 1. The SMILES string of the molecule is CC(Sc1nnc(-c2ccccc2F)n1N)C(=O)N(C)C1CCCCC1. The fourth-order valence-electron chi connectivity index (χ4n) is 3.33. The highest BCUT2D eigenvalue weighted by Gasteiger charge is 2.27. The van der Waals surface area contributed by atoms with Gasteiger partial charge in [0, 0.05) is 13.1 Å². The molecule has 1 aliphatic rings. The van der Waals surface area contributed by atoms with Crippen LogP contribution in [0.1, 0.15) is 39.0 Å². The molecule has 8 heteroatoms. The van der Waals surface area contributed by atoms with Crippen LogP contribution < -0.4 is 5.84 Å². The summed E-state index contributed by atoms with van der Waals surface area (Å²) in [7, 11) is 1.87. The van der Waals surface area contributed by atoms with E-state index in [9.17, 15) is 9.18 Å². The van der Waals surface area contributed by atoms with Gasteiger partial charge in [-0.1, -0.05) is 43.2 Å². The van der Waals surface area contributed by atoms with Gasteiger partial charge in [-0.05, 0) is 31.9 Å². The molecule has 1 aliphatic carbocycles. The van der Waals surface area contributed by atoms with Crippen molar-refractivity contribution in [2.24, 2.45) is 0 Å². The average molecular weight is 377 g/mol. The minimum atomic E-state index is -0.413. The molecule has 140 valence electrons. The first-order valence-corrected chi connectivity index (χ1v) is 9.75. The van der Waals surface area contributed by atoms with Crippen molar-refractivity contribution in [1.82, 2.24) is 19.8 Å². The van der Waals surface area contributed by atoms with Gasteiger partial charge in [-0.15, -0.1) is 10.2 Å². The lowest BCUT2D eigenvalue weighted by Gasteiger charge is -2.32. The van der Waals surface area contributed by atoms with Gasteiger partial charge >= 0.3 is 0 Å². The molecular weight excluding hydrogens is 353 g/mol. The van der Waals surface area contributed by atoms with Gasteiger partial charge in [0.25, 0.3) is 0 Å². The number of amides is 1. The van der Waals surface area contributed by atoms with E-state index in [1.54, 1.807) is 18.2 Å². The Morgan fingerprint density at radius 1 is 1.31 bits per heavy atom. The normalized spacial score (nSPS) is 16.4. The van der Waals surface area contributed by atoms with Crippen LogP contribution in [0.4, 0.5) is 4.39 Å². The molecule has 26 heavy (non-hydrogen) atoms. The molecule has 2 aromatic rings. The predicted molar refractivity (Wildman–Crippen MR) is 101 cm³/mol. The first-order valence-electron chi connectivity index (χ1n) is 8.87. The summed E-state index contributed by atoms with van der Waals surface area (Å²) in [4.78, 5) is 14.6. The lowest BCUT2D eigenvalue weighted by molar-refractivity contribution is -0.131. The summed E-state index contributed by atoms with van der Waals surface area (Å²) in [6.07, 6.45) is 5.71. The largest absolute Gasteiger partial charge is 0.342 e. The van der Waals surface area contributed by atoms with Gasteiger partial charge in [0.05, 0.1) is 10.8 Å². The van der Waals surface area contributed by atoms with Gasteiger partial charge in [0.2, 0.25) is 11.1 Å². The van der Waals surface area contributed by atoms with Gasteiger partial charge in [0.1, 0.15) is 5.82 Å². The van der Waals surface area contributed by atoms with Gasteiger partial charge < -0.3 is 10.7 Å². The molecule has 1 fully saturated rings. The number of rotatable bonds is 5. The molecule has 1 amide bonds. The van der Waals surface area contributed by atoms with E-state index in [4.69, 9.17) is 5.84 Å². The molecule has 0 radical (unpaired) electrons. The number of benzene rings is 1. The van der Waals surface area contributed by atoms with E-state index in [2.05, 4.69) is 10.2 Å². The maximum Gasteiger partial charge on any atom is 0.235 e. The molecule has 6 nitrogen and oxygen atoms in total. The van der Waals surface area contributed by atoms with Crippen molar-refractivity contribution in [3.05, 3.63) is 30.1 Å². The first kappa shape index (κ1) is 18.7. The summed E-state index contributed by atoms with van der Waals surface area (Å²) in [5.74, 6) is 5.93. The van der Waals surface area contributed by atoms with Crippen molar-refractivity contribution in [3.63, 3.8) is 0 Å². The Balaban J connectivity index is 1.71. The molecule has 1 aromatic heterocycles. The Hall–Kier alpha value is -2.09. The van der Waals surface area contributed by atoms with E-state index < -0.39 is 5.82 Å². The molecule has 0 saturated heterocycles. The number of halogens is 1. The van der Waals surface area contributed by atoms with Crippen LogP contribution in [0, 0.1) is 5.82 Å². The minimum absolute atomic E-state index is 0.0531. The second-order valence-electron chi connectivity index (χ2n) is 6.66. The predicted octanol–water partition coefficient (Wildman–Crippen LogP) is 3.07. The highest BCUT2D eigenvalue weighted by atomic mass is 32.2. The van der Waals surface area contributed by atoms with E-state index in [-0.39, 0.29) is 22.5 Å². The third-order valence-electron chi connectivity index (χ3n) is 4.88. The van der Waals surface area contributed by atoms with Crippen molar-refractivity contribution < 1.29 is 9.18 Å². The van der Waals surface area contributed by atoms with Crippen LogP contribution in [0.15, 0.2) is 29.4 Å². The maximum absolute atomic E-state index is 14.0. The Morgan fingerprint density at radius 2 is 2.00 bits per heavy atom. The zero-order valence-corrected chi connectivity index (χ0v) is 15.9. The number of aromatic nitrogens is 3. The molecule has 1 atom stereocenters. The second kappa shape index (κ2) is 8.07. The standard InChI is InChI=1S/C18H24FN5OS/c1-12(17(25)23(2)13-8-4-3-5-9-13)26-18-22-21-16(24(18)20)14-10-6-7-11-15(14)19/h6-7,10-13H,3-5,8-9,20H2,1-2H3. The molecule has 1 aromatic carbocycles. The van der Waals surface area contributed by atoms with E-state index >= 15 is 0 Å². The molecular formula is C18H24FN5OS. The number of thioether (sulfide) groups is 1. The summed E-state index contributed by atoms with van der Waals surface area (Å²) in [5, 5.41) is 8.08. The summed E-state index contributed by atoms with van der Waals surface area (Å²) >= 11 is 1.24. The zero-order chi connectivity index (χ0) is 18.7. The number of carbonyl (C=O) groups is 1. The molecule has 0 bridgehead atoms. The fraction of sp³-hybridized carbons (Fsp3) is 0.500. The number of hydrogen-bond donors (Lipinski definition) is 1. The quantitative estimate of drug-likeness (QED) is 0.640. The fourth-order valence-corrected chi connectivity index (χ4v) is 4.20. The molecule has 3 rings (SSSR count). The Bertz CT molecular complexity index is 775. The molecule has 2 N–H and O–H groups in total. The lowest BCUT2D eigenvalue weighted by atomic mass is 9.94. The zero-order valence-electron chi connectivity index (χ0n) is 15.1. The van der Waals surface area contributed by atoms with Crippen molar-refractivity contribution in [3.8, 4) is 11.4 Å². The van der Waals surface area contributed by atoms with Gasteiger partial charge in [-0.3, -0.25) is 4.79 Å². The maximum atomic E-state index is 14.0. The Kier molecular flexibility index (Phi) is 5.80. The average Bonchev–Trinajstić information content (AvgIpc) is 3.02. The Labute approximate surface area is 156 Å². The highest BCUT2D eigenvalue weighted by molar-refractivity contribution is 8.00. The van der Waals surface area contributed by atoms with Crippen LogP contribution in [0.2, 0.25) is 0 Å².